The third-order valence-corrected chi connectivity index (χ3v) is 18.0. The first-order valence-electron chi connectivity index (χ1n) is 33.6. The Hall–Kier alpha value is -10.2. The van der Waals surface area contributed by atoms with E-state index in [9.17, 15) is 42.3 Å². The molecular weight excluding hydrogens is 1300 g/mol. The van der Waals surface area contributed by atoms with Gasteiger partial charge in [0.1, 0.15) is 81.3 Å². The van der Waals surface area contributed by atoms with Crippen LogP contribution in [0, 0.1) is 11.8 Å². The number of carbonyl (C=O) groups excluding carboxylic acids is 3. The van der Waals surface area contributed by atoms with E-state index in [0.717, 1.165) is 73.0 Å². The number of likely N-dealkylation sites (tertiary alicyclic amines) is 2. The lowest BCUT2D eigenvalue weighted by atomic mass is 9.87. The molecule has 2 aliphatic carbocycles. The maximum Gasteiger partial charge on any atom is 0.410 e. The van der Waals surface area contributed by atoms with Crippen molar-refractivity contribution < 1.29 is 70.6 Å². The fourth-order valence-electron chi connectivity index (χ4n) is 12.1. The molecule has 8 aromatic rings. The Morgan fingerprint density at radius 3 is 1.32 bits per heavy atom. The van der Waals surface area contributed by atoms with Crippen LogP contribution in [0.4, 0.5) is 9.59 Å². The number of sulfonamides is 1. The molecule has 25 heteroatoms. The van der Waals surface area contributed by atoms with Crippen LogP contribution in [0.15, 0.2) is 119 Å². The average molecular weight is 1390 g/mol. The van der Waals surface area contributed by atoms with E-state index in [0.29, 0.717) is 126 Å². The number of carbonyl (C=O) groups is 4. The Kier molecular flexibility index (Phi) is 21.4. The summed E-state index contributed by atoms with van der Waals surface area (Å²) in [5.74, 6) is 1.79. The van der Waals surface area contributed by atoms with Crippen LogP contribution in [-0.4, -0.2) is 138 Å². The molecule has 4 aromatic heterocycles. The van der Waals surface area contributed by atoms with Crippen molar-refractivity contribution in [3.8, 4) is 57.0 Å². The second-order valence-electron chi connectivity index (χ2n) is 27.8. The van der Waals surface area contributed by atoms with Crippen LogP contribution >= 0.6 is 0 Å². The van der Waals surface area contributed by atoms with E-state index in [-0.39, 0.29) is 47.5 Å². The number of benzene rings is 4. The summed E-state index contributed by atoms with van der Waals surface area (Å²) in [5.41, 5.74) is 2.25. The second-order valence-corrected chi connectivity index (χ2v) is 29.6. The second kappa shape index (κ2) is 30.1. The van der Waals surface area contributed by atoms with Crippen molar-refractivity contribution in [2.24, 2.45) is 11.8 Å². The Morgan fingerprint density at radius 1 is 0.560 bits per heavy atom. The van der Waals surface area contributed by atoms with Crippen molar-refractivity contribution >= 4 is 56.2 Å². The van der Waals surface area contributed by atoms with E-state index in [1.165, 1.54) is 12.1 Å². The third-order valence-electron chi connectivity index (χ3n) is 17.4. The molecular formula is C75H85N7O17S. The van der Waals surface area contributed by atoms with Crippen molar-refractivity contribution in [1.29, 1.82) is 0 Å². The molecule has 3 amide bonds. The number of pyridine rings is 4. The van der Waals surface area contributed by atoms with Gasteiger partial charge in [-0.25, -0.2) is 37.5 Å². The smallest absolute Gasteiger partial charge is 0.410 e. The number of piperidine rings is 2. The molecule has 6 heterocycles. The number of hydrogen-bond acceptors (Lipinski definition) is 18. The van der Waals surface area contributed by atoms with Gasteiger partial charge in [0.05, 0.1) is 56.2 Å². The van der Waals surface area contributed by atoms with Gasteiger partial charge in [-0.05, 0) is 200 Å². The molecule has 2 atom stereocenters. The summed E-state index contributed by atoms with van der Waals surface area (Å²) in [4.78, 5) is 96.1. The molecule has 4 fully saturated rings. The number of nitrogens with one attached hydrogen (secondary N) is 3. The minimum absolute atomic E-state index is 0.181. The predicted molar refractivity (Wildman–Crippen MR) is 376 cm³/mol. The van der Waals surface area contributed by atoms with Crippen LogP contribution in [0.25, 0.3) is 44.6 Å². The van der Waals surface area contributed by atoms with Crippen molar-refractivity contribution in [2.45, 2.75) is 129 Å². The largest absolute Gasteiger partial charge is 0.497 e. The zero-order chi connectivity index (χ0) is 71.2. The number of rotatable bonds is 21. The average Bonchev–Trinajstić information content (AvgIpc) is 0.892. The zero-order valence-corrected chi connectivity index (χ0v) is 58.5. The molecule has 0 spiro atoms. The first-order valence-corrected chi connectivity index (χ1v) is 35.5. The number of H-pyrrole nitrogens is 2. The molecule has 0 bridgehead atoms. The first-order chi connectivity index (χ1) is 47.7. The van der Waals surface area contributed by atoms with Crippen LogP contribution in [0.1, 0.15) is 148 Å². The van der Waals surface area contributed by atoms with E-state index in [1.54, 1.807) is 24.0 Å². The van der Waals surface area contributed by atoms with Crippen molar-refractivity contribution in [3.05, 3.63) is 163 Å². The van der Waals surface area contributed by atoms with Gasteiger partial charge in [0, 0.05) is 48.8 Å². The van der Waals surface area contributed by atoms with Gasteiger partial charge in [-0.1, -0.05) is 36.4 Å². The molecule has 2 unspecified atom stereocenters. The number of ether oxygens (including phenoxy) is 8. The number of carboxylic acids is 1. The predicted octanol–water partition coefficient (Wildman–Crippen LogP) is 12.5. The first kappa shape index (κ1) is 71.1. The van der Waals surface area contributed by atoms with Crippen molar-refractivity contribution in [1.82, 2.24) is 34.5 Å². The number of aromatic carboxylic acids is 1. The summed E-state index contributed by atoms with van der Waals surface area (Å²) in [7, 11) is -0.726. The Bertz CT molecular complexity index is 4590. The highest BCUT2D eigenvalue weighted by molar-refractivity contribution is 7.89. The van der Waals surface area contributed by atoms with Gasteiger partial charge in [0.25, 0.3) is 17.0 Å². The molecule has 24 nitrogen and oxygen atoms in total. The topological polar surface area (TPSA) is 306 Å². The lowest BCUT2D eigenvalue weighted by Gasteiger charge is -2.34. The molecule has 2 saturated heterocycles. The summed E-state index contributed by atoms with van der Waals surface area (Å²) >= 11 is 0. The number of aromatic amines is 2. The fourth-order valence-corrected chi connectivity index (χ4v) is 12.5. The monoisotopic (exact) mass is 1390 g/mol. The van der Waals surface area contributed by atoms with Crippen LogP contribution in [0.3, 0.4) is 0 Å². The van der Waals surface area contributed by atoms with E-state index in [1.807, 2.05) is 143 Å². The van der Waals surface area contributed by atoms with Crippen LogP contribution in [0.2, 0.25) is 0 Å². The SMILES string of the molecule is COc1ccc(COc2cccc(OCC3CC3)c2-c2cc(C3CCCN(C(=O)OC(C)(C)C)C3)c3cc(C(=O)NS(C)(=O)=O)c(=O)[nH]c3n2)cc1.COc1ccc(COc2cccc(OCC3CC3)c2-c2cc(C3CCCN(C(=O)OC(C)(C)C)C3)c3cc(C(=O)O)c(=O)[nH]c3n2)cc1. The van der Waals surface area contributed by atoms with Gasteiger partial charge in [0.2, 0.25) is 10.0 Å². The molecule has 0 radical (unpaired) electrons. The van der Waals surface area contributed by atoms with Crippen LogP contribution < -0.4 is 44.3 Å². The lowest BCUT2D eigenvalue weighted by Crippen LogP contribution is -2.42. The van der Waals surface area contributed by atoms with Gasteiger partial charge < -0.3 is 62.8 Å². The maximum atomic E-state index is 13.3. The number of carboxylic acid groups (broad SMARTS) is 1. The number of nitrogens with zero attached hydrogens (tertiary/aromatic N) is 4. The summed E-state index contributed by atoms with van der Waals surface area (Å²) < 4.78 is 73.2. The maximum absolute atomic E-state index is 13.3. The quantitative estimate of drug-likeness (QED) is 0.0519. The molecule has 528 valence electrons. The number of aromatic nitrogens is 4. The molecule has 2 aliphatic heterocycles. The van der Waals surface area contributed by atoms with Gasteiger partial charge in [-0.2, -0.15) is 0 Å². The summed E-state index contributed by atoms with van der Waals surface area (Å²) in [5, 5.41) is 10.7. The highest BCUT2D eigenvalue weighted by atomic mass is 32.2. The fraction of sp³-hybridized carbons (Fsp3) is 0.413. The number of hydrogen-bond donors (Lipinski definition) is 4. The molecule has 4 aliphatic rings. The van der Waals surface area contributed by atoms with E-state index >= 15 is 0 Å². The van der Waals surface area contributed by atoms with E-state index < -0.39 is 56.4 Å². The number of methoxy groups -OCH3 is 2. The molecule has 2 saturated carbocycles. The zero-order valence-electron chi connectivity index (χ0n) is 57.7. The highest BCUT2D eigenvalue weighted by Gasteiger charge is 2.34. The highest BCUT2D eigenvalue weighted by Crippen LogP contribution is 2.45. The van der Waals surface area contributed by atoms with E-state index in [2.05, 4.69) is 9.97 Å². The van der Waals surface area contributed by atoms with Gasteiger partial charge in [-0.3, -0.25) is 14.4 Å². The normalized spacial score (nSPS) is 16.4. The minimum atomic E-state index is -3.95. The van der Waals surface area contributed by atoms with E-state index in [4.69, 9.17) is 47.9 Å². The van der Waals surface area contributed by atoms with Crippen molar-refractivity contribution in [3.63, 3.8) is 0 Å². The molecule has 4 aromatic carbocycles. The molecule has 12 rings (SSSR count). The number of amides is 3. The third kappa shape index (κ3) is 18.2. The lowest BCUT2D eigenvalue weighted by molar-refractivity contribution is 0.0189. The Labute approximate surface area is 579 Å². The van der Waals surface area contributed by atoms with Gasteiger partial charge in [0.15, 0.2) is 0 Å². The Balaban J connectivity index is 0.000000202. The molecule has 100 heavy (non-hydrogen) atoms. The standard InChI is InChI=1S/C38H44N4O9S.C37H41N3O8/c1-38(2,3)51-37(45)42-17-7-8-25(20-42)27-19-30(39-34-28(27)18-29(35(43)40-34)36(44)41-52(5,46)47)33-31(49-21-23-11-12-23)9-6-10-32(33)50-22-24-13-15-26(48-4)16-14-24;1-37(2,3)48-36(44)40-16-6-7-24(19-40)26-18-29(38-33-27(26)17-28(35(42)43)34(41)39-33)32-30(46-20-22-10-11-22)8-5-9-31(32)47-21-23-12-14-25(45-4)15-13-23/h6,9-10,13-16,18-19,23,25H,7-8,11-12,17,20-22H2,1-5H3,(H,41,44)(H,39,40,43);5,8-9,12-15,17-18,22,24H,6-7,10-11,16,19-21H2,1-4H3,(H,42,43)(H,38,39,41). The summed E-state index contributed by atoms with van der Waals surface area (Å²) in [6.07, 6.45) is 7.21. The van der Waals surface area contributed by atoms with Gasteiger partial charge in [-0.15, -0.1) is 0 Å². The van der Waals surface area contributed by atoms with Crippen molar-refractivity contribution in [2.75, 3.05) is 59.9 Å². The summed E-state index contributed by atoms with van der Waals surface area (Å²) in [6, 6.07) is 32.9. The Morgan fingerprint density at radius 2 is 0.950 bits per heavy atom. The number of fused-ring (bicyclic) bond motifs is 2. The van der Waals surface area contributed by atoms with Gasteiger partial charge >= 0.3 is 18.2 Å². The summed E-state index contributed by atoms with van der Waals surface area (Å²) in [6.45, 7) is 14.2. The minimum Gasteiger partial charge on any atom is -0.497 e. The molecule has 4 N–H and O–H groups in total. The van der Waals surface area contributed by atoms with Crippen LogP contribution in [-0.2, 0) is 32.7 Å². The van der Waals surface area contributed by atoms with Crippen LogP contribution in [0.5, 0.6) is 34.5 Å².